The minimum absolute atomic E-state index is 0.360. The van der Waals surface area contributed by atoms with Crippen LogP contribution in [0.25, 0.3) is 0 Å². The fraction of sp³-hybridized carbons (Fsp3) is 0.684. The van der Waals surface area contributed by atoms with Crippen molar-refractivity contribution in [2.24, 2.45) is 5.92 Å². The second-order valence-corrected chi connectivity index (χ2v) is 8.73. The van der Waals surface area contributed by atoms with Crippen molar-refractivity contribution in [2.75, 3.05) is 13.1 Å². The summed E-state index contributed by atoms with van der Waals surface area (Å²) in [5.74, 6) is 1.51. The first-order valence-electron chi connectivity index (χ1n) is 8.52. The average Bonchev–Trinajstić information content (AvgIpc) is 2.89. The van der Waals surface area contributed by atoms with E-state index in [0.29, 0.717) is 10.7 Å². The molecule has 0 saturated carbocycles. The number of hydrogen-bond donors (Lipinski definition) is 0. The number of hydrogen-bond acceptors (Lipinski definition) is 2. The van der Waals surface area contributed by atoms with E-state index in [1.165, 1.54) is 37.1 Å². The standard InChI is InChI=1S/C19H31NS/c1-6-15-9-11-17(12-10-15)18-14-20(13-16(18)7-2)21-19(4,5)8-3/h9-12,16,18H,6-8,13-14H2,1-5H3. The van der Waals surface area contributed by atoms with Crippen molar-refractivity contribution in [1.82, 2.24) is 4.31 Å². The fourth-order valence-electron chi connectivity index (χ4n) is 3.11. The molecule has 1 aliphatic rings. The SMILES string of the molecule is CCc1ccc(C2CN(SC(C)(C)CC)CC2CC)cc1. The highest BCUT2D eigenvalue weighted by atomic mass is 32.2. The molecule has 1 aromatic carbocycles. The van der Waals surface area contributed by atoms with Gasteiger partial charge in [-0.05, 0) is 43.7 Å². The van der Waals surface area contributed by atoms with E-state index in [0.717, 1.165) is 12.3 Å². The predicted molar refractivity (Wildman–Crippen MR) is 95.9 cm³/mol. The Bertz CT molecular complexity index is 437. The molecule has 1 aliphatic heterocycles. The molecule has 0 radical (unpaired) electrons. The van der Waals surface area contributed by atoms with E-state index in [2.05, 4.69) is 75.1 Å². The minimum atomic E-state index is 0.360. The Hall–Kier alpha value is -0.470. The lowest BCUT2D eigenvalue weighted by molar-refractivity contribution is 0.484. The van der Waals surface area contributed by atoms with E-state index in [1.54, 1.807) is 0 Å². The lowest BCUT2D eigenvalue weighted by atomic mass is 9.87. The first-order chi connectivity index (χ1) is 9.99. The van der Waals surface area contributed by atoms with E-state index in [-0.39, 0.29) is 0 Å². The third kappa shape index (κ3) is 4.26. The van der Waals surface area contributed by atoms with Crippen molar-refractivity contribution in [3.8, 4) is 0 Å². The summed E-state index contributed by atoms with van der Waals surface area (Å²) in [6.45, 7) is 14.0. The van der Waals surface area contributed by atoms with Crippen LogP contribution < -0.4 is 0 Å². The summed E-state index contributed by atoms with van der Waals surface area (Å²) in [5, 5.41) is 0. The van der Waals surface area contributed by atoms with Gasteiger partial charge in [0.1, 0.15) is 0 Å². The molecule has 21 heavy (non-hydrogen) atoms. The number of benzene rings is 1. The van der Waals surface area contributed by atoms with Crippen molar-refractivity contribution in [3.05, 3.63) is 35.4 Å². The number of rotatable bonds is 6. The topological polar surface area (TPSA) is 3.24 Å². The van der Waals surface area contributed by atoms with Crippen LogP contribution in [-0.2, 0) is 6.42 Å². The summed E-state index contributed by atoms with van der Waals surface area (Å²) in [4.78, 5) is 0. The van der Waals surface area contributed by atoms with Gasteiger partial charge in [-0.3, -0.25) is 0 Å². The van der Waals surface area contributed by atoms with E-state index in [4.69, 9.17) is 0 Å². The van der Waals surface area contributed by atoms with Crippen LogP contribution >= 0.6 is 11.9 Å². The zero-order chi connectivity index (χ0) is 15.5. The summed E-state index contributed by atoms with van der Waals surface area (Å²) >= 11 is 2.07. The van der Waals surface area contributed by atoms with Gasteiger partial charge in [0, 0.05) is 23.8 Å². The molecular weight excluding hydrogens is 274 g/mol. The number of aryl methyl sites for hydroxylation is 1. The van der Waals surface area contributed by atoms with Crippen LogP contribution in [0.1, 0.15) is 64.5 Å². The van der Waals surface area contributed by atoms with Crippen LogP contribution in [0.3, 0.4) is 0 Å². The summed E-state index contributed by atoms with van der Waals surface area (Å²) in [6.07, 6.45) is 3.64. The Labute approximate surface area is 135 Å². The summed E-state index contributed by atoms with van der Waals surface area (Å²) in [7, 11) is 0. The summed E-state index contributed by atoms with van der Waals surface area (Å²) < 4.78 is 2.98. The van der Waals surface area contributed by atoms with Crippen LogP contribution in [0.15, 0.2) is 24.3 Å². The van der Waals surface area contributed by atoms with Crippen molar-refractivity contribution >= 4 is 11.9 Å². The molecule has 2 atom stereocenters. The van der Waals surface area contributed by atoms with Crippen molar-refractivity contribution in [2.45, 2.75) is 64.5 Å². The van der Waals surface area contributed by atoms with Crippen molar-refractivity contribution in [3.63, 3.8) is 0 Å². The molecule has 0 amide bonds. The monoisotopic (exact) mass is 305 g/mol. The van der Waals surface area contributed by atoms with E-state index in [9.17, 15) is 0 Å². The van der Waals surface area contributed by atoms with Crippen LogP contribution in [0, 0.1) is 5.92 Å². The quantitative estimate of drug-likeness (QED) is 0.637. The molecule has 0 aromatic heterocycles. The lowest BCUT2D eigenvalue weighted by Gasteiger charge is -2.28. The minimum Gasteiger partial charge on any atom is -0.249 e. The van der Waals surface area contributed by atoms with Gasteiger partial charge in [0.2, 0.25) is 0 Å². The highest BCUT2D eigenvalue weighted by Gasteiger charge is 2.35. The Morgan fingerprint density at radius 2 is 1.76 bits per heavy atom. The molecule has 2 unspecified atom stereocenters. The summed E-state index contributed by atoms with van der Waals surface area (Å²) in [5.41, 5.74) is 2.99. The Balaban J connectivity index is 2.08. The smallest absolute Gasteiger partial charge is 0.0248 e. The lowest BCUT2D eigenvalue weighted by Crippen LogP contribution is -2.23. The van der Waals surface area contributed by atoms with Gasteiger partial charge in [0.05, 0.1) is 0 Å². The molecule has 1 heterocycles. The van der Waals surface area contributed by atoms with Crippen molar-refractivity contribution < 1.29 is 0 Å². The molecule has 0 spiro atoms. The van der Waals surface area contributed by atoms with Crippen LogP contribution in [0.4, 0.5) is 0 Å². The maximum atomic E-state index is 2.62. The highest BCUT2D eigenvalue weighted by molar-refractivity contribution is 7.98. The van der Waals surface area contributed by atoms with Gasteiger partial charge >= 0.3 is 0 Å². The third-order valence-corrected chi connectivity index (χ3v) is 6.31. The molecule has 1 aromatic rings. The molecule has 1 saturated heterocycles. The first-order valence-corrected chi connectivity index (χ1v) is 9.29. The Morgan fingerprint density at radius 3 is 2.29 bits per heavy atom. The second-order valence-electron chi connectivity index (χ2n) is 6.92. The molecule has 2 rings (SSSR count). The number of nitrogens with zero attached hydrogens (tertiary/aromatic N) is 1. The van der Waals surface area contributed by atoms with Gasteiger partial charge in [0.15, 0.2) is 0 Å². The van der Waals surface area contributed by atoms with Gasteiger partial charge in [-0.2, -0.15) is 0 Å². The van der Waals surface area contributed by atoms with Gasteiger partial charge in [0.25, 0.3) is 0 Å². The maximum absolute atomic E-state index is 2.62. The zero-order valence-electron chi connectivity index (χ0n) is 14.4. The van der Waals surface area contributed by atoms with E-state index >= 15 is 0 Å². The molecular formula is C19H31NS. The molecule has 1 fully saturated rings. The second kappa shape index (κ2) is 7.19. The van der Waals surface area contributed by atoms with Gasteiger partial charge in [-0.1, -0.05) is 63.4 Å². The molecule has 0 bridgehead atoms. The van der Waals surface area contributed by atoms with Gasteiger partial charge in [-0.15, -0.1) is 0 Å². The average molecular weight is 306 g/mol. The fourth-order valence-corrected chi connectivity index (χ4v) is 4.44. The summed E-state index contributed by atoms with van der Waals surface area (Å²) in [6, 6.07) is 9.36. The maximum Gasteiger partial charge on any atom is 0.0248 e. The van der Waals surface area contributed by atoms with Crippen LogP contribution in [-0.4, -0.2) is 22.1 Å². The first kappa shape index (κ1) is 16.9. The van der Waals surface area contributed by atoms with Gasteiger partial charge < -0.3 is 0 Å². The zero-order valence-corrected chi connectivity index (χ0v) is 15.2. The van der Waals surface area contributed by atoms with Crippen LogP contribution in [0.5, 0.6) is 0 Å². The molecule has 1 nitrogen and oxygen atoms in total. The largest absolute Gasteiger partial charge is 0.249 e. The molecule has 0 N–H and O–H groups in total. The third-order valence-electron chi connectivity index (χ3n) is 4.98. The molecule has 2 heteroatoms. The van der Waals surface area contributed by atoms with E-state index < -0.39 is 0 Å². The van der Waals surface area contributed by atoms with Crippen molar-refractivity contribution in [1.29, 1.82) is 0 Å². The molecule has 0 aliphatic carbocycles. The van der Waals surface area contributed by atoms with Gasteiger partial charge in [-0.25, -0.2) is 4.31 Å². The normalized spacial score (nSPS) is 23.7. The Kier molecular flexibility index (Phi) is 5.79. The highest BCUT2D eigenvalue weighted by Crippen LogP contribution is 2.41. The molecule has 118 valence electrons. The van der Waals surface area contributed by atoms with Crippen LogP contribution in [0.2, 0.25) is 0 Å². The van der Waals surface area contributed by atoms with E-state index in [1.807, 2.05) is 0 Å². The predicted octanol–water partition coefficient (Wildman–Crippen LogP) is 5.51. The Morgan fingerprint density at radius 1 is 1.10 bits per heavy atom.